The normalized spacial score (nSPS) is 17.9. The van der Waals surface area contributed by atoms with Gasteiger partial charge in [0.2, 0.25) is 5.95 Å². The number of fused-ring (bicyclic) bond motifs is 1. The number of anilines is 1. The van der Waals surface area contributed by atoms with E-state index in [9.17, 15) is 4.79 Å². The van der Waals surface area contributed by atoms with Crippen molar-refractivity contribution in [2.75, 3.05) is 18.4 Å². The molecule has 2 aromatic carbocycles. The molecule has 2 N–H and O–H groups in total. The molecule has 2 aliphatic rings. The number of nitrogens with one attached hydrogen (secondary N) is 2. The molecule has 3 aromatic rings. The summed E-state index contributed by atoms with van der Waals surface area (Å²) < 4.78 is 0. The van der Waals surface area contributed by atoms with Crippen LogP contribution in [0.4, 0.5) is 10.7 Å². The third-order valence-electron chi connectivity index (χ3n) is 6.75. The Balaban J connectivity index is 1.18. The number of carbonyl (C=O) groups excluding carboxylic acids is 1. The predicted octanol–water partition coefficient (Wildman–Crippen LogP) is 5.22. The number of likely N-dealkylation sites (tertiary alicyclic amines) is 1. The van der Waals surface area contributed by atoms with E-state index in [2.05, 4.69) is 58.1 Å². The van der Waals surface area contributed by atoms with Gasteiger partial charge < -0.3 is 15.5 Å². The van der Waals surface area contributed by atoms with E-state index in [-0.39, 0.29) is 12.1 Å². The average molecular weight is 430 g/mol. The van der Waals surface area contributed by atoms with Crippen molar-refractivity contribution in [2.45, 2.75) is 57.0 Å². The lowest BCUT2D eigenvalue weighted by molar-refractivity contribution is 0.176. The maximum Gasteiger partial charge on any atom is 0.317 e. The summed E-state index contributed by atoms with van der Waals surface area (Å²) in [6.07, 6.45) is 9.62. The molecular formula is C26H31N5O. The van der Waals surface area contributed by atoms with Gasteiger partial charge in [0.05, 0.1) is 5.69 Å². The van der Waals surface area contributed by atoms with Crippen molar-refractivity contribution >= 4 is 22.8 Å². The molecule has 6 nitrogen and oxygen atoms in total. The average Bonchev–Trinajstić information content (AvgIpc) is 2.85. The Morgan fingerprint density at radius 3 is 2.47 bits per heavy atom. The van der Waals surface area contributed by atoms with Crippen LogP contribution in [0.3, 0.4) is 0 Å². The molecule has 0 radical (unpaired) electrons. The van der Waals surface area contributed by atoms with E-state index in [1.54, 1.807) is 0 Å². The molecule has 166 valence electrons. The smallest absolute Gasteiger partial charge is 0.317 e. The van der Waals surface area contributed by atoms with Crippen molar-refractivity contribution in [2.24, 2.45) is 0 Å². The van der Waals surface area contributed by atoms with Gasteiger partial charge in [-0.05, 0) is 48.6 Å². The molecule has 0 spiro atoms. The Morgan fingerprint density at radius 2 is 1.66 bits per heavy atom. The lowest BCUT2D eigenvalue weighted by atomic mass is 9.95. The van der Waals surface area contributed by atoms with E-state index in [4.69, 9.17) is 4.98 Å². The van der Waals surface area contributed by atoms with Crippen LogP contribution in [0.2, 0.25) is 0 Å². The minimum Gasteiger partial charge on any atom is -0.351 e. The first kappa shape index (κ1) is 20.7. The minimum absolute atomic E-state index is 0.102. The van der Waals surface area contributed by atoms with Gasteiger partial charge >= 0.3 is 6.03 Å². The van der Waals surface area contributed by atoms with E-state index >= 15 is 0 Å². The highest BCUT2D eigenvalue weighted by molar-refractivity contribution is 5.86. The summed E-state index contributed by atoms with van der Waals surface area (Å²) in [5.74, 6) is 0.653. The van der Waals surface area contributed by atoms with Crippen LogP contribution < -0.4 is 10.6 Å². The van der Waals surface area contributed by atoms with Crippen molar-refractivity contribution in [3.05, 3.63) is 54.7 Å². The first-order valence-corrected chi connectivity index (χ1v) is 11.9. The molecule has 0 bridgehead atoms. The number of hydrogen-bond acceptors (Lipinski definition) is 4. The monoisotopic (exact) mass is 429 g/mol. The third kappa shape index (κ3) is 4.85. The fraction of sp³-hybridized carbons (Fsp3) is 0.423. The van der Waals surface area contributed by atoms with Crippen LogP contribution in [0, 0.1) is 0 Å². The highest BCUT2D eigenvalue weighted by Crippen LogP contribution is 2.24. The third-order valence-corrected chi connectivity index (χ3v) is 6.75. The summed E-state index contributed by atoms with van der Waals surface area (Å²) in [4.78, 5) is 23.8. The standard InChI is InChI=1S/C26H31N5O/c32-26(29-22-8-2-1-3-9-22)31-16-13-23(14-17-31)28-25-27-15-12-24(30-25)21-11-10-19-6-4-5-7-20(19)18-21/h4-7,10-12,15,18,22-23H,1-3,8-9,13-14,16-17H2,(H,29,32)(H,27,28,30). The predicted molar refractivity (Wildman–Crippen MR) is 129 cm³/mol. The van der Waals surface area contributed by atoms with Gasteiger partial charge in [0, 0.05) is 36.9 Å². The molecule has 1 aliphatic carbocycles. The zero-order chi connectivity index (χ0) is 21.8. The van der Waals surface area contributed by atoms with Crippen molar-refractivity contribution in [1.29, 1.82) is 0 Å². The summed E-state index contributed by atoms with van der Waals surface area (Å²) >= 11 is 0. The Bertz CT molecular complexity index is 1070. The van der Waals surface area contributed by atoms with E-state index in [1.807, 2.05) is 17.2 Å². The van der Waals surface area contributed by atoms with Crippen LogP contribution in [0.25, 0.3) is 22.0 Å². The van der Waals surface area contributed by atoms with Crippen LogP contribution in [0.15, 0.2) is 54.7 Å². The molecule has 6 heteroatoms. The lowest BCUT2D eigenvalue weighted by Gasteiger charge is -2.34. The van der Waals surface area contributed by atoms with Gasteiger partial charge in [-0.3, -0.25) is 0 Å². The Kier molecular flexibility index (Phi) is 6.19. The van der Waals surface area contributed by atoms with E-state index in [1.165, 1.54) is 30.0 Å². The Morgan fingerprint density at radius 1 is 0.875 bits per heavy atom. The molecule has 1 aliphatic heterocycles. The molecule has 2 fully saturated rings. The van der Waals surface area contributed by atoms with Crippen molar-refractivity contribution < 1.29 is 4.79 Å². The quantitative estimate of drug-likeness (QED) is 0.597. The molecule has 0 unspecified atom stereocenters. The summed E-state index contributed by atoms with van der Waals surface area (Å²) in [5, 5.41) is 9.15. The summed E-state index contributed by atoms with van der Waals surface area (Å²) in [6, 6.07) is 17.5. The second kappa shape index (κ2) is 9.55. The van der Waals surface area contributed by atoms with Crippen LogP contribution >= 0.6 is 0 Å². The van der Waals surface area contributed by atoms with Crippen molar-refractivity contribution in [3.8, 4) is 11.3 Å². The summed E-state index contributed by atoms with van der Waals surface area (Å²) in [7, 11) is 0. The zero-order valence-electron chi connectivity index (χ0n) is 18.5. The van der Waals surface area contributed by atoms with Crippen LogP contribution in [-0.4, -0.2) is 46.1 Å². The summed E-state index contributed by atoms with van der Waals surface area (Å²) in [5.41, 5.74) is 2.00. The SMILES string of the molecule is O=C(NC1CCCCC1)N1CCC(Nc2nccc(-c3ccc4ccccc4c3)n2)CC1. The number of rotatable bonds is 4. The van der Waals surface area contributed by atoms with Gasteiger partial charge in [0.15, 0.2) is 0 Å². The molecule has 1 saturated heterocycles. The number of aromatic nitrogens is 2. The zero-order valence-corrected chi connectivity index (χ0v) is 18.5. The van der Waals surface area contributed by atoms with Crippen LogP contribution in [0.5, 0.6) is 0 Å². The largest absolute Gasteiger partial charge is 0.351 e. The number of nitrogens with zero attached hydrogens (tertiary/aromatic N) is 3. The maximum absolute atomic E-state index is 12.6. The molecule has 1 saturated carbocycles. The number of benzene rings is 2. The number of piperidine rings is 1. The first-order valence-electron chi connectivity index (χ1n) is 11.9. The van der Waals surface area contributed by atoms with Gasteiger partial charge in [-0.2, -0.15) is 0 Å². The van der Waals surface area contributed by atoms with Gasteiger partial charge in [-0.25, -0.2) is 14.8 Å². The Hall–Kier alpha value is -3.15. The van der Waals surface area contributed by atoms with Gasteiger partial charge in [-0.15, -0.1) is 0 Å². The van der Waals surface area contributed by atoms with Crippen LogP contribution in [0.1, 0.15) is 44.9 Å². The molecule has 1 aromatic heterocycles. The second-order valence-corrected chi connectivity index (χ2v) is 9.02. The van der Waals surface area contributed by atoms with E-state index < -0.39 is 0 Å². The summed E-state index contributed by atoms with van der Waals surface area (Å²) in [6.45, 7) is 1.53. The fourth-order valence-electron chi connectivity index (χ4n) is 4.86. The van der Waals surface area contributed by atoms with E-state index in [0.29, 0.717) is 12.0 Å². The van der Waals surface area contributed by atoms with Gasteiger partial charge in [0.1, 0.15) is 0 Å². The van der Waals surface area contributed by atoms with Gasteiger partial charge in [-0.1, -0.05) is 55.7 Å². The topological polar surface area (TPSA) is 70.2 Å². The number of amides is 2. The second-order valence-electron chi connectivity index (χ2n) is 9.02. The van der Waals surface area contributed by atoms with Crippen molar-refractivity contribution in [1.82, 2.24) is 20.2 Å². The fourth-order valence-corrected chi connectivity index (χ4v) is 4.86. The number of carbonyl (C=O) groups is 1. The molecular weight excluding hydrogens is 398 g/mol. The maximum atomic E-state index is 12.6. The van der Waals surface area contributed by atoms with Crippen molar-refractivity contribution in [3.63, 3.8) is 0 Å². The lowest BCUT2D eigenvalue weighted by Crippen LogP contribution is -2.49. The highest BCUT2D eigenvalue weighted by Gasteiger charge is 2.25. The molecule has 5 rings (SSSR count). The Labute approximate surface area is 189 Å². The first-order chi connectivity index (χ1) is 15.7. The molecule has 0 atom stereocenters. The minimum atomic E-state index is 0.102. The molecule has 2 amide bonds. The number of urea groups is 1. The van der Waals surface area contributed by atoms with Crippen LogP contribution in [-0.2, 0) is 0 Å². The molecule has 2 heterocycles. The number of hydrogen-bond donors (Lipinski definition) is 2. The van der Waals surface area contributed by atoms with Gasteiger partial charge in [0.25, 0.3) is 0 Å². The molecule has 32 heavy (non-hydrogen) atoms. The highest BCUT2D eigenvalue weighted by atomic mass is 16.2. The van der Waals surface area contributed by atoms with E-state index in [0.717, 1.165) is 50.0 Å².